The summed E-state index contributed by atoms with van der Waals surface area (Å²) in [6.07, 6.45) is 2.12. The van der Waals surface area contributed by atoms with Gasteiger partial charge in [-0.2, -0.15) is 0 Å². The van der Waals surface area contributed by atoms with Crippen LogP contribution in [0.25, 0.3) is 0 Å². The van der Waals surface area contributed by atoms with Gasteiger partial charge in [-0.3, -0.25) is 4.79 Å². The molecule has 0 saturated heterocycles. The van der Waals surface area contributed by atoms with E-state index < -0.39 is 11.8 Å². The van der Waals surface area contributed by atoms with Crippen molar-refractivity contribution in [3.05, 3.63) is 29.6 Å². The summed E-state index contributed by atoms with van der Waals surface area (Å²) in [6.45, 7) is -0.0339. The standard InChI is InChI=1S/C13H15FN2O3/c14-9-5-8(6-10(15)7-9)13(18)19-4-3-12(17)16-11-1-2-11/h5-7,11H,1-4,15H2,(H,16,17). The lowest BCUT2D eigenvalue weighted by molar-refractivity contribution is -0.121. The Hall–Kier alpha value is -2.11. The van der Waals surface area contributed by atoms with Crippen LogP contribution >= 0.6 is 0 Å². The lowest BCUT2D eigenvalue weighted by Gasteiger charge is -2.06. The van der Waals surface area contributed by atoms with Crippen LogP contribution in [0.5, 0.6) is 0 Å². The molecule has 5 nitrogen and oxygen atoms in total. The third-order valence-corrected chi connectivity index (χ3v) is 2.66. The van der Waals surface area contributed by atoms with Crippen LogP contribution < -0.4 is 11.1 Å². The molecular formula is C13H15FN2O3. The number of nitrogens with two attached hydrogens (primary N) is 1. The number of rotatable bonds is 5. The third-order valence-electron chi connectivity index (χ3n) is 2.66. The number of benzene rings is 1. The van der Waals surface area contributed by atoms with Gasteiger partial charge in [-0.05, 0) is 31.0 Å². The molecule has 1 aliphatic rings. The van der Waals surface area contributed by atoms with Gasteiger partial charge in [0.2, 0.25) is 5.91 Å². The van der Waals surface area contributed by atoms with Crippen molar-refractivity contribution in [2.45, 2.75) is 25.3 Å². The number of nitrogens with one attached hydrogen (secondary N) is 1. The predicted molar refractivity (Wildman–Crippen MR) is 66.9 cm³/mol. The van der Waals surface area contributed by atoms with Crippen molar-refractivity contribution >= 4 is 17.6 Å². The molecule has 0 atom stereocenters. The zero-order valence-corrected chi connectivity index (χ0v) is 10.3. The molecule has 0 bridgehead atoms. The fourth-order valence-corrected chi connectivity index (χ4v) is 1.58. The molecule has 102 valence electrons. The molecule has 1 amide bonds. The zero-order valence-electron chi connectivity index (χ0n) is 10.3. The van der Waals surface area contributed by atoms with Gasteiger partial charge in [0, 0.05) is 11.7 Å². The van der Waals surface area contributed by atoms with Crippen molar-refractivity contribution in [2.75, 3.05) is 12.3 Å². The highest BCUT2D eigenvalue weighted by Crippen LogP contribution is 2.18. The Balaban J connectivity index is 1.78. The summed E-state index contributed by atoms with van der Waals surface area (Å²) < 4.78 is 17.9. The Morgan fingerprint density at radius 2 is 2.11 bits per heavy atom. The average molecular weight is 266 g/mol. The Labute approximate surface area is 109 Å². The Morgan fingerprint density at radius 3 is 2.74 bits per heavy atom. The van der Waals surface area contributed by atoms with Crippen LogP contribution in [0.15, 0.2) is 18.2 Å². The fraction of sp³-hybridized carbons (Fsp3) is 0.385. The molecule has 0 unspecified atom stereocenters. The van der Waals surface area contributed by atoms with Crippen LogP contribution in [-0.4, -0.2) is 24.5 Å². The Bertz CT molecular complexity index is 480. The highest BCUT2D eigenvalue weighted by molar-refractivity contribution is 5.90. The number of anilines is 1. The van der Waals surface area contributed by atoms with Crippen molar-refractivity contribution in [3.63, 3.8) is 0 Å². The van der Waals surface area contributed by atoms with Crippen molar-refractivity contribution in [2.24, 2.45) is 0 Å². The SMILES string of the molecule is Nc1cc(F)cc(C(=O)OCCC(=O)NC2CC2)c1. The quantitative estimate of drug-likeness (QED) is 0.620. The van der Waals surface area contributed by atoms with Crippen LogP contribution in [0.4, 0.5) is 10.1 Å². The minimum absolute atomic E-state index is 0.0339. The number of ether oxygens (including phenoxy) is 1. The lowest BCUT2D eigenvalue weighted by Crippen LogP contribution is -2.26. The molecule has 2 rings (SSSR count). The molecule has 1 aromatic rings. The van der Waals surface area contributed by atoms with Gasteiger partial charge in [0.1, 0.15) is 12.4 Å². The van der Waals surface area contributed by atoms with Crippen LogP contribution in [0.3, 0.4) is 0 Å². The number of esters is 1. The molecule has 19 heavy (non-hydrogen) atoms. The Morgan fingerprint density at radius 1 is 1.37 bits per heavy atom. The minimum atomic E-state index is -0.689. The van der Waals surface area contributed by atoms with Crippen molar-refractivity contribution in [3.8, 4) is 0 Å². The summed E-state index contributed by atoms with van der Waals surface area (Å²) in [6, 6.07) is 3.77. The van der Waals surface area contributed by atoms with Gasteiger partial charge in [-0.1, -0.05) is 0 Å². The molecule has 3 N–H and O–H groups in total. The maximum Gasteiger partial charge on any atom is 0.338 e. The molecule has 0 aliphatic heterocycles. The summed E-state index contributed by atoms with van der Waals surface area (Å²) >= 11 is 0. The molecular weight excluding hydrogens is 251 g/mol. The highest BCUT2D eigenvalue weighted by atomic mass is 19.1. The van der Waals surface area contributed by atoms with Gasteiger partial charge in [-0.25, -0.2) is 9.18 Å². The second-order valence-corrected chi connectivity index (χ2v) is 4.50. The summed E-state index contributed by atoms with van der Waals surface area (Å²) in [4.78, 5) is 22.9. The lowest BCUT2D eigenvalue weighted by atomic mass is 10.2. The first-order chi connectivity index (χ1) is 9.04. The highest BCUT2D eigenvalue weighted by Gasteiger charge is 2.23. The van der Waals surface area contributed by atoms with Gasteiger partial charge < -0.3 is 15.8 Å². The number of carbonyl (C=O) groups excluding carboxylic acids is 2. The third kappa shape index (κ3) is 4.24. The fourth-order valence-electron chi connectivity index (χ4n) is 1.58. The normalized spacial score (nSPS) is 13.9. The number of amides is 1. The second-order valence-electron chi connectivity index (χ2n) is 4.50. The van der Waals surface area contributed by atoms with Crippen LogP contribution in [0.1, 0.15) is 29.6 Å². The van der Waals surface area contributed by atoms with Gasteiger partial charge >= 0.3 is 5.97 Å². The number of nitrogen functional groups attached to an aromatic ring is 1. The van der Waals surface area contributed by atoms with Gasteiger partial charge in [0.05, 0.1) is 12.0 Å². The smallest absolute Gasteiger partial charge is 0.338 e. The first kappa shape index (κ1) is 13.3. The maximum atomic E-state index is 13.0. The number of hydrogen-bond acceptors (Lipinski definition) is 4. The first-order valence-electron chi connectivity index (χ1n) is 6.07. The zero-order chi connectivity index (χ0) is 13.8. The van der Waals surface area contributed by atoms with E-state index in [9.17, 15) is 14.0 Å². The molecule has 1 aliphatic carbocycles. The molecule has 1 aromatic carbocycles. The van der Waals surface area contributed by atoms with E-state index in [1.54, 1.807) is 0 Å². The minimum Gasteiger partial charge on any atom is -0.462 e. The van der Waals surface area contributed by atoms with Crippen LogP contribution in [-0.2, 0) is 9.53 Å². The first-order valence-corrected chi connectivity index (χ1v) is 6.07. The van der Waals surface area contributed by atoms with E-state index in [2.05, 4.69) is 5.32 Å². The molecule has 0 aromatic heterocycles. The summed E-state index contributed by atoms with van der Waals surface area (Å²) in [5.41, 5.74) is 5.62. The molecule has 6 heteroatoms. The number of halogens is 1. The summed E-state index contributed by atoms with van der Waals surface area (Å²) in [5.74, 6) is -1.43. The van der Waals surface area contributed by atoms with Gasteiger partial charge in [-0.15, -0.1) is 0 Å². The Kier molecular flexibility index (Phi) is 3.99. The maximum absolute atomic E-state index is 13.0. The number of hydrogen-bond donors (Lipinski definition) is 2. The second kappa shape index (κ2) is 5.69. The van der Waals surface area contributed by atoms with E-state index >= 15 is 0 Å². The van der Waals surface area contributed by atoms with E-state index in [1.165, 1.54) is 6.07 Å². The molecule has 0 heterocycles. The summed E-state index contributed by atoms with van der Waals surface area (Å²) in [5, 5.41) is 2.78. The largest absolute Gasteiger partial charge is 0.462 e. The van der Waals surface area contributed by atoms with E-state index in [1.807, 2.05) is 0 Å². The topological polar surface area (TPSA) is 81.4 Å². The molecule has 1 fully saturated rings. The van der Waals surface area contributed by atoms with Crippen molar-refractivity contribution in [1.82, 2.24) is 5.32 Å². The monoisotopic (exact) mass is 266 g/mol. The van der Waals surface area contributed by atoms with Gasteiger partial charge in [0.25, 0.3) is 0 Å². The van der Waals surface area contributed by atoms with Crippen LogP contribution in [0.2, 0.25) is 0 Å². The van der Waals surface area contributed by atoms with Crippen LogP contribution in [0, 0.1) is 5.82 Å². The van der Waals surface area contributed by atoms with E-state index in [-0.39, 0.29) is 36.2 Å². The van der Waals surface area contributed by atoms with E-state index in [0.717, 1.165) is 25.0 Å². The predicted octanol–water partition coefficient (Wildman–Crippen LogP) is 1.23. The molecule has 0 radical (unpaired) electrons. The molecule has 0 spiro atoms. The van der Waals surface area contributed by atoms with Crippen molar-refractivity contribution in [1.29, 1.82) is 0 Å². The number of carbonyl (C=O) groups is 2. The average Bonchev–Trinajstić information content (AvgIpc) is 3.11. The van der Waals surface area contributed by atoms with Gasteiger partial charge in [0.15, 0.2) is 0 Å². The summed E-state index contributed by atoms with van der Waals surface area (Å²) in [7, 11) is 0. The molecule has 1 saturated carbocycles. The van der Waals surface area contributed by atoms with Crippen molar-refractivity contribution < 1.29 is 18.7 Å². The van der Waals surface area contributed by atoms with E-state index in [0.29, 0.717) is 0 Å². The van der Waals surface area contributed by atoms with E-state index in [4.69, 9.17) is 10.5 Å².